The second-order valence-electron chi connectivity index (χ2n) is 5.41. The second kappa shape index (κ2) is 5.83. The molecule has 94 valence electrons. The lowest BCUT2D eigenvalue weighted by Crippen LogP contribution is -2.42. The Kier molecular flexibility index (Phi) is 4.68. The smallest absolute Gasteiger partial charge is 0.0822 e. The van der Waals surface area contributed by atoms with Crippen LogP contribution >= 0.6 is 15.9 Å². The molecule has 0 spiro atoms. The van der Waals surface area contributed by atoms with Crippen LogP contribution in [0.4, 0.5) is 0 Å². The van der Waals surface area contributed by atoms with Crippen molar-refractivity contribution in [2.75, 3.05) is 25.2 Å². The van der Waals surface area contributed by atoms with E-state index in [1.165, 1.54) is 19.3 Å². The van der Waals surface area contributed by atoms with Crippen molar-refractivity contribution in [2.24, 2.45) is 11.8 Å². The zero-order chi connectivity index (χ0) is 11.4. The van der Waals surface area contributed by atoms with Gasteiger partial charge in [0.05, 0.1) is 12.2 Å². The van der Waals surface area contributed by atoms with Crippen LogP contribution in [0.5, 0.6) is 0 Å². The monoisotopic (exact) mass is 290 g/mol. The standard InChI is InChI=1S/C13H23BrO2/c1-11(12-3-2-4-12)9-16-13(10-14)5-7-15-8-6-13/h11-12H,2-10H2,1H3. The van der Waals surface area contributed by atoms with Crippen molar-refractivity contribution in [3.05, 3.63) is 0 Å². The van der Waals surface area contributed by atoms with E-state index < -0.39 is 0 Å². The van der Waals surface area contributed by atoms with Crippen molar-refractivity contribution in [1.82, 2.24) is 0 Å². The van der Waals surface area contributed by atoms with E-state index in [0.29, 0.717) is 0 Å². The van der Waals surface area contributed by atoms with Gasteiger partial charge < -0.3 is 9.47 Å². The Morgan fingerprint density at radius 1 is 1.38 bits per heavy atom. The zero-order valence-corrected chi connectivity index (χ0v) is 11.8. The van der Waals surface area contributed by atoms with Crippen LogP contribution in [0.25, 0.3) is 0 Å². The molecular weight excluding hydrogens is 268 g/mol. The molecule has 0 aromatic heterocycles. The molecule has 1 aliphatic carbocycles. The summed E-state index contributed by atoms with van der Waals surface area (Å²) < 4.78 is 11.6. The topological polar surface area (TPSA) is 18.5 Å². The van der Waals surface area contributed by atoms with Gasteiger partial charge in [0.1, 0.15) is 0 Å². The number of halogens is 1. The molecule has 1 heterocycles. The maximum atomic E-state index is 6.21. The molecule has 1 aliphatic heterocycles. The molecule has 0 amide bonds. The predicted octanol–water partition coefficient (Wildman–Crippen LogP) is 3.38. The summed E-state index contributed by atoms with van der Waals surface area (Å²) in [5.41, 5.74) is 0.0518. The third-order valence-corrected chi connectivity index (χ3v) is 5.28. The van der Waals surface area contributed by atoms with Crippen LogP contribution in [-0.4, -0.2) is 30.8 Å². The number of hydrogen-bond donors (Lipinski definition) is 0. The highest BCUT2D eigenvalue weighted by atomic mass is 79.9. The SMILES string of the molecule is CC(COC1(CBr)CCOCC1)C1CCC1. The average Bonchev–Trinajstić information content (AvgIpc) is 2.25. The Hall–Kier alpha value is 0.400. The lowest BCUT2D eigenvalue weighted by atomic mass is 9.77. The van der Waals surface area contributed by atoms with Crippen molar-refractivity contribution in [3.63, 3.8) is 0 Å². The molecule has 0 bridgehead atoms. The predicted molar refractivity (Wildman–Crippen MR) is 69.0 cm³/mol. The van der Waals surface area contributed by atoms with E-state index >= 15 is 0 Å². The van der Waals surface area contributed by atoms with Gasteiger partial charge in [-0.3, -0.25) is 0 Å². The largest absolute Gasteiger partial charge is 0.381 e. The van der Waals surface area contributed by atoms with E-state index in [-0.39, 0.29) is 5.60 Å². The zero-order valence-electron chi connectivity index (χ0n) is 10.2. The highest BCUT2D eigenvalue weighted by Gasteiger charge is 2.34. The van der Waals surface area contributed by atoms with Crippen molar-refractivity contribution in [3.8, 4) is 0 Å². The van der Waals surface area contributed by atoms with Gasteiger partial charge in [0.2, 0.25) is 0 Å². The van der Waals surface area contributed by atoms with Gasteiger partial charge in [0.15, 0.2) is 0 Å². The molecular formula is C13H23BrO2. The summed E-state index contributed by atoms with van der Waals surface area (Å²) in [6, 6.07) is 0. The summed E-state index contributed by atoms with van der Waals surface area (Å²) in [7, 11) is 0. The minimum atomic E-state index is 0.0518. The highest BCUT2D eigenvalue weighted by Crippen LogP contribution is 2.35. The molecule has 3 heteroatoms. The summed E-state index contributed by atoms with van der Waals surface area (Å²) >= 11 is 3.61. The molecule has 0 radical (unpaired) electrons. The van der Waals surface area contributed by atoms with Gasteiger partial charge in [-0.25, -0.2) is 0 Å². The molecule has 0 aromatic carbocycles. The van der Waals surface area contributed by atoms with E-state index in [0.717, 1.165) is 49.8 Å². The molecule has 0 N–H and O–H groups in total. The molecule has 1 saturated heterocycles. The van der Waals surface area contributed by atoms with Crippen molar-refractivity contribution in [1.29, 1.82) is 0 Å². The van der Waals surface area contributed by atoms with Crippen molar-refractivity contribution >= 4 is 15.9 Å². The molecule has 16 heavy (non-hydrogen) atoms. The molecule has 2 aliphatic rings. The van der Waals surface area contributed by atoms with Crippen LogP contribution < -0.4 is 0 Å². The van der Waals surface area contributed by atoms with E-state index in [1.54, 1.807) is 0 Å². The Balaban J connectivity index is 1.76. The average molecular weight is 291 g/mol. The van der Waals surface area contributed by atoms with Crippen LogP contribution in [0.3, 0.4) is 0 Å². The minimum Gasteiger partial charge on any atom is -0.381 e. The Morgan fingerprint density at radius 3 is 2.56 bits per heavy atom. The van der Waals surface area contributed by atoms with Gasteiger partial charge in [0, 0.05) is 31.4 Å². The fourth-order valence-corrected chi connectivity index (χ4v) is 3.24. The highest BCUT2D eigenvalue weighted by molar-refractivity contribution is 9.09. The number of rotatable bonds is 5. The number of hydrogen-bond acceptors (Lipinski definition) is 2. The summed E-state index contributed by atoms with van der Waals surface area (Å²) in [6.07, 6.45) is 6.32. The maximum Gasteiger partial charge on any atom is 0.0822 e. The Bertz CT molecular complexity index is 210. The van der Waals surface area contributed by atoms with E-state index in [9.17, 15) is 0 Å². The molecule has 1 atom stereocenters. The lowest BCUT2D eigenvalue weighted by molar-refractivity contribution is -0.110. The molecule has 2 fully saturated rings. The van der Waals surface area contributed by atoms with Crippen molar-refractivity contribution in [2.45, 2.75) is 44.6 Å². The third kappa shape index (κ3) is 2.99. The fourth-order valence-electron chi connectivity index (χ4n) is 2.51. The minimum absolute atomic E-state index is 0.0518. The molecule has 0 aromatic rings. The van der Waals surface area contributed by atoms with E-state index in [2.05, 4.69) is 22.9 Å². The first-order chi connectivity index (χ1) is 7.76. The van der Waals surface area contributed by atoms with Gasteiger partial charge in [-0.05, 0) is 11.8 Å². The van der Waals surface area contributed by atoms with Crippen LogP contribution in [0.2, 0.25) is 0 Å². The Labute approximate surface area is 107 Å². The van der Waals surface area contributed by atoms with E-state index in [1.807, 2.05) is 0 Å². The quantitative estimate of drug-likeness (QED) is 0.723. The maximum absolute atomic E-state index is 6.21. The fraction of sp³-hybridized carbons (Fsp3) is 1.00. The molecule has 2 nitrogen and oxygen atoms in total. The van der Waals surface area contributed by atoms with Gasteiger partial charge >= 0.3 is 0 Å². The van der Waals surface area contributed by atoms with Gasteiger partial charge in [-0.15, -0.1) is 0 Å². The van der Waals surface area contributed by atoms with Gasteiger partial charge in [0.25, 0.3) is 0 Å². The van der Waals surface area contributed by atoms with Crippen LogP contribution in [0, 0.1) is 11.8 Å². The Morgan fingerprint density at radius 2 is 2.06 bits per heavy atom. The second-order valence-corrected chi connectivity index (χ2v) is 5.97. The van der Waals surface area contributed by atoms with Crippen LogP contribution in [0.15, 0.2) is 0 Å². The first-order valence-electron chi connectivity index (χ1n) is 6.53. The van der Waals surface area contributed by atoms with Crippen molar-refractivity contribution < 1.29 is 9.47 Å². The molecule has 1 unspecified atom stereocenters. The number of alkyl halides is 1. The molecule has 1 saturated carbocycles. The summed E-state index contributed by atoms with van der Waals surface area (Å²) in [5, 5.41) is 0.945. The number of ether oxygens (including phenoxy) is 2. The van der Waals surface area contributed by atoms with Gasteiger partial charge in [-0.2, -0.15) is 0 Å². The lowest BCUT2D eigenvalue weighted by Gasteiger charge is -2.38. The summed E-state index contributed by atoms with van der Waals surface area (Å²) in [4.78, 5) is 0. The van der Waals surface area contributed by atoms with E-state index in [4.69, 9.17) is 9.47 Å². The molecule has 2 rings (SSSR count). The normalized spacial score (nSPS) is 27.4. The van der Waals surface area contributed by atoms with Gasteiger partial charge in [-0.1, -0.05) is 42.1 Å². The first kappa shape index (κ1) is 12.8. The summed E-state index contributed by atoms with van der Waals surface area (Å²) in [5.74, 6) is 1.65. The summed E-state index contributed by atoms with van der Waals surface area (Å²) in [6.45, 7) is 4.97. The first-order valence-corrected chi connectivity index (χ1v) is 7.65. The van der Waals surface area contributed by atoms with Crippen LogP contribution in [-0.2, 0) is 9.47 Å². The third-order valence-electron chi connectivity index (χ3n) is 4.25. The van der Waals surface area contributed by atoms with Crippen LogP contribution in [0.1, 0.15) is 39.0 Å².